The first-order valence-electron chi connectivity index (χ1n) is 7.12. The third-order valence-corrected chi connectivity index (χ3v) is 3.67. The van der Waals surface area contributed by atoms with Crippen molar-refractivity contribution >= 4 is 0 Å². The van der Waals surface area contributed by atoms with Crippen LogP contribution < -0.4 is 0 Å². The maximum absolute atomic E-state index is 2.55. The second-order valence-corrected chi connectivity index (χ2v) is 5.99. The largest absolute Gasteiger partial charge is 0.304 e. The molecule has 1 aromatic carbocycles. The van der Waals surface area contributed by atoms with Gasteiger partial charge in [0.15, 0.2) is 0 Å². The number of nitrogens with zero attached hydrogens (tertiary/aromatic N) is 2. The van der Waals surface area contributed by atoms with Crippen LogP contribution in [0.3, 0.4) is 0 Å². The molecule has 0 N–H and O–H groups in total. The summed E-state index contributed by atoms with van der Waals surface area (Å²) in [6, 6.07) is 9.20. The zero-order valence-corrected chi connectivity index (χ0v) is 12.0. The van der Waals surface area contributed by atoms with Gasteiger partial charge in [0, 0.05) is 32.7 Å². The predicted octanol–water partition coefficient (Wildman–Crippen LogP) is 2.63. The lowest BCUT2D eigenvalue weighted by Crippen LogP contribution is -2.43. The number of hydrogen-bond donors (Lipinski definition) is 0. The molecule has 1 aliphatic rings. The van der Waals surface area contributed by atoms with Crippen LogP contribution >= 0.6 is 0 Å². The van der Waals surface area contributed by atoms with Gasteiger partial charge in [0.1, 0.15) is 0 Å². The first-order valence-corrected chi connectivity index (χ1v) is 7.12. The van der Waals surface area contributed by atoms with Crippen molar-refractivity contribution in [2.24, 2.45) is 5.92 Å². The Balaban J connectivity index is 1.86. The molecule has 0 aliphatic carbocycles. The zero-order valence-electron chi connectivity index (χ0n) is 12.0. The summed E-state index contributed by atoms with van der Waals surface area (Å²) in [6.07, 6.45) is 1.19. The minimum absolute atomic E-state index is 0.744. The summed E-state index contributed by atoms with van der Waals surface area (Å²) >= 11 is 0. The minimum Gasteiger partial charge on any atom is -0.304 e. The standard InChI is InChI=1S/C16H26N2/c1-14(2)12-15-4-6-16(7-5-15)13-18-10-8-17(3)9-11-18/h4-7,14H,8-13H2,1-3H3. The van der Waals surface area contributed by atoms with Crippen LogP contribution in [0.15, 0.2) is 24.3 Å². The van der Waals surface area contributed by atoms with Gasteiger partial charge in [-0.05, 0) is 30.5 Å². The number of likely N-dealkylation sites (N-methyl/N-ethyl adjacent to an activating group) is 1. The molecule has 0 saturated carbocycles. The number of benzene rings is 1. The Kier molecular flexibility index (Phi) is 4.79. The lowest BCUT2D eigenvalue weighted by atomic mass is 10.0. The van der Waals surface area contributed by atoms with E-state index >= 15 is 0 Å². The molecule has 0 aromatic heterocycles. The molecule has 0 atom stereocenters. The summed E-state index contributed by atoms with van der Waals surface area (Å²) in [7, 11) is 2.21. The van der Waals surface area contributed by atoms with Gasteiger partial charge in [-0.25, -0.2) is 0 Å². The van der Waals surface area contributed by atoms with Gasteiger partial charge in [-0.1, -0.05) is 38.1 Å². The predicted molar refractivity (Wildman–Crippen MR) is 77.8 cm³/mol. The second-order valence-electron chi connectivity index (χ2n) is 5.99. The van der Waals surface area contributed by atoms with E-state index in [0.717, 1.165) is 12.5 Å². The summed E-state index contributed by atoms with van der Waals surface area (Å²) in [5.74, 6) is 0.744. The van der Waals surface area contributed by atoms with E-state index < -0.39 is 0 Å². The van der Waals surface area contributed by atoms with Crippen LogP contribution in [0.25, 0.3) is 0 Å². The molecular weight excluding hydrogens is 220 g/mol. The minimum atomic E-state index is 0.744. The van der Waals surface area contributed by atoms with Gasteiger partial charge in [0.2, 0.25) is 0 Å². The summed E-state index contributed by atoms with van der Waals surface area (Å²) < 4.78 is 0. The van der Waals surface area contributed by atoms with Crippen LogP contribution in [0.2, 0.25) is 0 Å². The van der Waals surface area contributed by atoms with Crippen LogP contribution in [0.4, 0.5) is 0 Å². The summed E-state index contributed by atoms with van der Waals surface area (Å²) in [6.45, 7) is 10.5. The second kappa shape index (κ2) is 6.35. The molecule has 1 aromatic rings. The smallest absolute Gasteiger partial charge is 0.0234 e. The van der Waals surface area contributed by atoms with Gasteiger partial charge >= 0.3 is 0 Å². The molecule has 18 heavy (non-hydrogen) atoms. The number of hydrogen-bond acceptors (Lipinski definition) is 2. The van der Waals surface area contributed by atoms with E-state index in [2.05, 4.69) is 55.0 Å². The van der Waals surface area contributed by atoms with Gasteiger partial charge in [-0.15, -0.1) is 0 Å². The number of piperazine rings is 1. The molecule has 0 radical (unpaired) electrons. The molecule has 0 spiro atoms. The first-order chi connectivity index (χ1) is 8.63. The monoisotopic (exact) mass is 246 g/mol. The van der Waals surface area contributed by atoms with Gasteiger partial charge < -0.3 is 4.90 Å². The van der Waals surface area contributed by atoms with Crippen LogP contribution in [0, 0.1) is 5.92 Å². The summed E-state index contributed by atoms with van der Waals surface area (Å²) in [4.78, 5) is 4.96. The van der Waals surface area contributed by atoms with Crippen LogP contribution in [-0.2, 0) is 13.0 Å². The Morgan fingerprint density at radius 3 is 2.06 bits per heavy atom. The first kappa shape index (κ1) is 13.6. The highest BCUT2D eigenvalue weighted by atomic mass is 15.2. The molecule has 0 unspecified atom stereocenters. The van der Waals surface area contributed by atoms with Crippen molar-refractivity contribution in [1.82, 2.24) is 9.80 Å². The van der Waals surface area contributed by atoms with Crippen molar-refractivity contribution in [3.05, 3.63) is 35.4 Å². The molecule has 1 fully saturated rings. The van der Waals surface area contributed by atoms with Crippen molar-refractivity contribution in [2.75, 3.05) is 33.2 Å². The molecule has 2 rings (SSSR count). The van der Waals surface area contributed by atoms with E-state index in [0.29, 0.717) is 0 Å². The maximum atomic E-state index is 2.55. The normalized spacial score (nSPS) is 18.4. The molecule has 1 aliphatic heterocycles. The van der Waals surface area contributed by atoms with Crippen molar-refractivity contribution in [1.29, 1.82) is 0 Å². The lowest BCUT2D eigenvalue weighted by Gasteiger charge is -2.32. The Hall–Kier alpha value is -0.860. The van der Waals surface area contributed by atoms with Gasteiger partial charge in [-0.3, -0.25) is 4.90 Å². The zero-order chi connectivity index (χ0) is 13.0. The Labute approximate surface area is 112 Å². The molecule has 100 valence electrons. The highest BCUT2D eigenvalue weighted by Gasteiger charge is 2.13. The molecule has 2 heteroatoms. The van der Waals surface area contributed by atoms with Gasteiger partial charge in [0.25, 0.3) is 0 Å². The highest BCUT2D eigenvalue weighted by Crippen LogP contribution is 2.12. The van der Waals surface area contributed by atoms with Gasteiger partial charge in [-0.2, -0.15) is 0 Å². The fourth-order valence-electron chi connectivity index (χ4n) is 2.52. The van der Waals surface area contributed by atoms with Crippen LogP contribution in [-0.4, -0.2) is 43.0 Å². The van der Waals surface area contributed by atoms with Crippen molar-refractivity contribution in [3.8, 4) is 0 Å². The topological polar surface area (TPSA) is 6.48 Å². The quantitative estimate of drug-likeness (QED) is 0.806. The molecule has 0 amide bonds. The van der Waals surface area contributed by atoms with Crippen molar-refractivity contribution in [3.63, 3.8) is 0 Å². The maximum Gasteiger partial charge on any atom is 0.0234 e. The third-order valence-electron chi connectivity index (χ3n) is 3.67. The van der Waals surface area contributed by atoms with E-state index in [4.69, 9.17) is 0 Å². The Bertz CT molecular complexity index is 348. The van der Waals surface area contributed by atoms with E-state index in [1.54, 1.807) is 0 Å². The summed E-state index contributed by atoms with van der Waals surface area (Å²) in [5.41, 5.74) is 2.92. The molecule has 2 nitrogen and oxygen atoms in total. The molecule has 1 heterocycles. The van der Waals surface area contributed by atoms with E-state index in [9.17, 15) is 0 Å². The molecular formula is C16H26N2. The average molecular weight is 246 g/mol. The average Bonchev–Trinajstić information content (AvgIpc) is 2.34. The van der Waals surface area contributed by atoms with Crippen molar-refractivity contribution < 1.29 is 0 Å². The third kappa shape index (κ3) is 4.11. The Morgan fingerprint density at radius 2 is 1.50 bits per heavy atom. The van der Waals surface area contributed by atoms with Crippen LogP contribution in [0.1, 0.15) is 25.0 Å². The van der Waals surface area contributed by atoms with Crippen LogP contribution in [0.5, 0.6) is 0 Å². The fraction of sp³-hybridized carbons (Fsp3) is 0.625. The van der Waals surface area contributed by atoms with E-state index in [1.165, 1.54) is 43.7 Å². The fourth-order valence-corrected chi connectivity index (χ4v) is 2.52. The lowest BCUT2D eigenvalue weighted by molar-refractivity contribution is 0.148. The molecule has 1 saturated heterocycles. The van der Waals surface area contributed by atoms with E-state index in [-0.39, 0.29) is 0 Å². The molecule has 0 bridgehead atoms. The van der Waals surface area contributed by atoms with E-state index in [1.807, 2.05) is 0 Å². The SMILES string of the molecule is CC(C)Cc1ccc(CN2CCN(C)CC2)cc1. The highest BCUT2D eigenvalue weighted by molar-refractivity contribution is 5.22. The number of rotatable bonds is 4. The summed E-state index contributed by atoms with van der Waals surface area (Å²) in [5, 5.41) is 0. The Morgan fingerprint density at radius 1 is 0.944 bits per heavy atom. The van der Waals surface area contributed by atoms with Crippen molar-refractivity contribution in [2.45, 2.75) is 26.8 Å². The van der Waals surface area contributed by atoms with Gasteiger partial charge in [0.05, 0.1) is 0 Å².